The Bertz CT molecular complexity index is 625. The highest BCUT2D eigenvalue weighted by molar-refractivity contribution is 5.41. The van der Waals surface area contributed by atoms with Gasteiger partial charge in [0.15, 0.2) is 0 Å². The van der Waals surface area contributed by atoms with Crippen LogP contribution in [0, 0.1) is 0 Å². The van der Waals surface area contributed by atoms with Crippen molar-refractivity contribution in [2.24, 2.45) is 5.73 Å². The Morgan fingerprint density at radius 2 is 2.00 bits per heavy atom. The van der Waals surface area contributed by atoms with Gasteiger partial charge in [0.05, 0.1) is 11.7 Å². The number of nitrogens with two attached hydrogens (primary N) is 1. The minimum absolute atomic E-state index is 0.187. The summed E-state index contributed by atoms with van der Waals surface area (Å²) in [4.78, 5) is 0. The number of benzene rings is 1. The first-order valence-corrected chi connectivity index (χ1v) is 8.18. The molecule has 2 unspecified atom stereocenters. The van der Waals surface area contributed by atoms with Gasteiger partial charge in [-0.2, -0.15) is 5.10 Å². The molecule has 0 saturated heterocycles. The molecule has 1 heterocycles. The van der Waals surface area contributed by atoms with Gasteiger partial charge in [-0.25, -0.2) is 0 Å². The number of fused-ring (bicyclic) bond motifs is 1. The summed E-state index contributed by atoms with van der Waals surface area (Å²) >= 11 is 0. The quantitative estimate of drug-likeness (QED) is 0.935. The third kappa shape index (κ3) is 2.40. The normalized spacial score (nSPS) is 22.8. The van der Waals surface area contributed by atoms with Crippen LogP contribution in [0.25, 0.3) is 0 Å². The average molecular weight is 281 g/mol. The molecule has 4 rings (SSSR count). The molecule has 1 aromatic carbocycles. The van der Waals surface area contributed by atoms with Gasteiger partial charge in [-0.1, -0.05) is 37.1 Å². The smallest absolute Gasteiger partial charge is 0.0640 e. The summed E-state index contributed by atoms with van der Waals surface area (Å²) in [6.07, 6.45) is 9.41. The molecule has 2 atom stereocenters. The summed E-state index contributed by atoms with van der Waals surface area (Å²) in [6.45, 7) is 0. The van der Waals surface area contributed by atoms with Gasteiger partial charge in [-0.05, 0) is 36.5 Å². The zero-order chi connectivity index (χ0) is 14.2. The van der Waals surface area contributed by atoms with E-state index in [1.54, 1.807) is 0 Å². The van der Waals surface area contributed by atoms with Gasteiger partial charge in [-0.15, -0.1) is 0 Å². The van der Waals surface area contributed by atoms with E-state index in [1.165, 1.54) is 36.8 Å². The average Bonchev–Trinajstić information content (AvgIpc) is 3.10. The second kappa shape index (κ2) is 5.30. The van der Waals surface area contributed by atoms with E-state index in [9.17, 15) is 0 Å². The Morgan fingerprint density at radius 1 is 1.19 bits per heavy atom. The molecule has 0 bridgehead atoms. The molecule has 3 nitrogen and oxygen atoms in total. The van der Waals surface area contributed by atoms with Gasteiger partial charge < -0.3 is 5.73 Å². The maximum Gasteiger partial charge on any atom is 0.0640 e. The van der Waals surface area contributed by atoms with Crippen LogP contribution in [0.2, 0.25) is 0 Å². The molecular weight excluding hydrogens is 258 g/mol. The highest BCUT2D eigenvalue weighted by Gasteiger charge is 2.31. The van der Waals surface area contributed by atoms with Gasteiger partial charge in [0.25, 0.3) is 0 Å². The van der Waals surface area contributed by atoms with Gasteiger partial charge in [0.1, 0.15) is 0 Å². The molecule has 2 aliphatic rings. The van der Waals surface area contributed by atoms with E-state index in [2.05, 4.69) is 41.2 Å². The predicted molar refractivity (Wildman–Crippen MR) is 84.3 cm³/mol. The molecule has 2 aliphatic carbocycles. The van der Waals surface area contributed by atoms with Crippen LogP contribution in [0.3, 0.4) is 0 Å². The Morgan fingerprint density at radius 3 is 2.81 bits per heavy atom. The third-order valence-corrected chi connectivity index (χ3v) is 5.22. The minimum Gasteiger partial charge on any atom is -0.327 e. The molecule has 0 radical (unpaired) electrons. The van der Waals surface area contributed by atoms with Crippen molar-refractivity contribution in [3.63, 3.8) is 0 Å². The van der Waals surface area contributed by atoms with Gasteiger partial charge in [0.2, 0.25) is 0 Å². The molecule has 0 amide bonds. The van der Waals surface area contributed by atoms with Crippen LogP contribution in [0.1, 0.15) is 54.5 Å². The third-order valence-electron chi connectivity index (χ3n) is 5.22. The summed E-state index contributed by atoms with van der Waals surface area (Å²) in [5.74, 6) is 0.512. The van der Waals surface area contributed by atoms with E-state index in [-0.39, 0.29) is 6.04 Å². The summed E-state index contributed by atoms with van der Waals surface area (Å²) in [7, 11) is 0. The van der Waals surface area contributed by atoms with Crippen molar-refractivity contribution in [2.45, 2.75) is 56.5 Å². The van der Waals surface area contributed by atoms with E-state index in [1.807, 2.05) is 0 Å². The molecule has 3 heteroatoms. The first-order valence-electron chi connectivity index (χ1n) is 8.18. The van der Waals surface area contributed by atoms with E-state index < -0.39 is 0 Å². The Balaban J connectivity index is 1.42. The van der Waals surface area contributed by atoms with Crippen molar-refractivity contribution < 1.29 is 0 Å². The van der Waals surface area contributed by atoms with E-state index in [0.717, 1.165) is 18.5 Å². The van der Waals surface area contributed by atoms with Crippen LogP contribution in [-0.2, 0) is 12.8 Å². The van der Waals surface area contributed by atoms with Crippen LogP contribution in [0.4, 0.5) is 0 Å². The summed E-state index contributed by atoms with van der Waals surface area (Å²) in [5.41, 5.74) is 10.5. The lowest BCUT2D eigenvalue weighted by Crippen LogP contribution is -2.37. The molecule has 21 heavy (non-hydrogen) atoms. The van der Waals surface area contributed by atoms with E-state index >= 15 is 0 Å². The number of hydrogen-bond acceptors (Lipinski definition) is 2. The number of nitrogens with zero attached hydrogens (tertiary/aromatic N) is 2. The fraction of sp³-hybridized carbons (Fsp3) is 0.500. The summed E-state index contributed by atoms with van der Waals surface area (Å²) < 4.78 is 2.17. The Labute approximate surface area is 126 Å². The molecule has 2 aromatic rings. The number of hydrogen-bond donors (Lipinski definition) is 1. The van der Waals surface area contributed by atoms with Gasteiger partial charge in [-0.3, -0.25) is 4.68 Å². The maximum atomic E-state index is 6.44. The molecule has 0 spiro atoms. The molecule has 1 saturated carbocycles. The topological polar surface area (TPSA) is 43.8 Å². The maximum absolute atomic E-state index is 6.44. The Kier molecular flexibility index (Phi) is 3.30. The zero-order valence-corrected chi connectivity index (χ0v) is 12.4. The predicted octanol–water partition coefficient (Wildman–Crippen LogP) is 3.21. The van der Waals surface area contributed by atoms with Crippen molar-refractivity contribution in [3.8, 4) is 0 Å². The fourth-order valence-electron chi connectivity index (χ4n) is 3.92. The molecule has 1 aromatic heterocycles. The minimum atomic E-state index is 0.187. The monoisotopic (exact) mass is 281 g/mol. The van der Waals surface area contributed by atoms with Crippen LogP contribution in [0.5, 0.6) is 0 Å². The summed E-state index contributed by atoms with van der Waals surface area (Å²) in [5, 5.41) is 4.77. The standard InChI is InChI=1S/C18H23N3/c19-18(17-11-13-5-1-4-8-16(13)17)12-14-9-10-21(20-14)15-6-2-3-7-15/h1,4-5,8-10,15,17-18H,2-3,6-7,11-12,19H2. The van der Waals surface area contributed by atoms with Crippen LogP contribution >= 0.6 is 0 Å². The van der Waals surface area contributed by atoms with Crippen molar-refractivity contribution in [1.29, 1.82) is 0 Å². The van der Waals surface area contributed by atoms with Crippen LogP contribution in [-0.4, -0.2) is 15.8 Å². The molecular formula is C18H23N3. The van der Waals surface area contributed by atoms with Gasteiger partial charge in [0, 0.05) is 24.6 Å². The molecule has 0 aliphatic heterocycles. The first kappa shape index (κ1) is 13.1. The van der Waals surface area contributed by atoms with Crippen molar-refractivity contribution in [1.82, 2.24) is 9.78 Å². The highest BCUT2D eigenvalue weighted by atomic mass is 15.3. The van der Waals surface area contributed by atoms with Crippen molar-refractivity contribution >= 4 is 0 Å². The SMILES string of the molecule is NC(Cc1ccn(C2CCCC2)n1)C1Cc2ccccc21. The largest absolute Gasteiger partial charge is 0.327 e. The molecule has 1 fully saturated rings. The first-order chi connectivity index (χ1) is 10.3. The fourth-order valence-corrected chi connectivity index (χ4v) is 3.92. The second-order valence-electron chi connectivity index (χ2n) is 6.60. The highest BCUT2D eigenvalue weighted by Crippen LogP contribution is 2.37. The van der Waals surface area contributed by atoms with Crippen LogP contribution in [0.15, 0.2) is 36.5 Å². The Hall–Kier alpha value is -1.61. The molecule has 2 N–H and O–H groups in total. The molecule has 110 valence electrons. The number of rotatable bonds is 4. The number of aromatic nitrogens is 2. The lowest BCUT2D eigenvalue weighted by Gasteiger charge is -2.34. The second-order valence-corrected chi connectivity index (χ2v) is 6.60. The summed E-state index contributed by atoms with van der Waals surface area (Å²) in [6, 6.07) is 11.6. The lowest BCUT2D eigenvalue weighted by atomic mass is 9.73. The van der Waals surface area contributed by atoms with E-state index in [0.29, 0.717) is 12.0 Å². The van der Waals surface area contributed by atoms with E-state index in [4.69, 9.17) is 10.8 Å². The van der Waals surface area contributed by atoms with Crippen molar-refractivity contribution in [2.75, 3.05) is 0 Å². The lowest BCUT2D eigenvalue weighted by molar-refractivity contribution is 0.448. The van der Waals surface area contributed by atoms with Gasteiger partial charge >= 0.3 is 0 Å². The zero-order valence-electron chi connectivity index (χ0n) is 12.4. The van der Waals surface area contributed by atoms with Crippen molar-refractivity contribution in [3.05, 3.63) is 53.3 Å². The van der Waals surface area contributed by atoms with Crippen LogP contribution < -0.4 is 5.73 Å².